The highest BCUT2D eigenvalue weighted by molar-refractivity contribution is 8.00. The second kappa shape index (κ2) is 8.26. The Morgan fingerprint density at radius 2 is 2.16 bits per heavy atom. The number of hydrogen-bond acceptors (Lipinski definition) is 6. The molecule has 2 aromatic heterocycles. The zero-order valence-corrected chi connectivity index (χ0v) is 15.5. The summed E-state index contributed by atoms with van der Waals surface area (Å²) in [4.78, 5) is 13.6. The second-order valence-electron chi connectivity index (χ2n) is 5.27. The molecule has 6 nitrogen and oxygen atoms in total. The van der Waals surface area contributed by atoms with Crippen molar-refractivity contribution in [1.29, 1.82) is 0 Å². The molecule has 8 heteroatoms. The van der Waals surface area contributed by atoms with Crippen LogP contribution in [0.5, 0.6) is 0 Å². The van der Waals surface area contributed by atoms with Crippen LogP contribution < -0.4 is 5.32 Å². The van der Waals surface area contributed by atoms with E-state index in [2.05, 4.69) is 15.5 Å². The van der Waals surface area contributed by atoms with Crippen LogP contribution >= 0.6 is 23.5 Å². The van der Waals surface area contributed by atoms with Crippen LogP contribution in [0.4, 0.5) is 5.69 Å². The van der Waals surface area contributed by atoms with Gasteiger partial charge in [-0.2, -0.15) is 0 Å². The SMILES string of the molecule is CSc1ccccc1NC(=O)C(C)Sc1nncn1Cc1ccco1. The zero-order chi connectivity index (χ0) is 17.6. The molecule has 0 saturated carbocycles. The number of carbonyl (C=O) groups excluding carboxylic acids is 1. The van der Waals surface area contributed by atoms with E-state index in [9.17, 15) is 4.79 Å². The summed E-state index contributed by atoms with van der Waals surface area (Å²) < 4.78 is 7.22. The number of carbonyl (C=O) groups is 1. The van der Waals surface area contributed by atoms with Crippen LogP contribution in [-0.2, 0) is 11.3 Å². The van der Waals surface area contributed by atoms with Crippen molar-refractivity contribution in [3.63, 3.8) is 0 Å². The van der Waals surface area contributed by atoms with Crippen LogP contribution in [0.2, 0.25) is 0 Å². The lowest BCUT2D eigenvalue weighted by Crippen LogP contribution is -2.23. The van der Waals surface area contributed by atoms with Crippen molar-refractivity contribution in [2.45, 2.75) is 28.8 Å². The predicted octanol–water partition coefficient (Wildman–Crippen LogP) is 3.76. The lowest BCUT2D eigenvalue weighted by Gasteiger charge is -2.14. The Hall–Kier alpha value is -2.19. The van der Waals surface area contributed by atoms with Crippen LogP contribution in [0, 0.1) is 0 Å². The molecule has 0 fully saturated rings. The number of aromatic nitrogens is 3. The Bertz CT molecular complexity index is 833. The molecule has 1 amide bonds. The van der Waals surface area contributed by atoms with E-state index in [0.717, 1.165) is 16.3 Å². The van der Waals surface area contributed by atoms with Crippen molar-refractivity contribution < 1.29 is 9.21 Å². The molecule has 0 spiro atoms. The molecule has 3 rings (SSSR count). The van der Waals surface area contributed by atoms with Crippen LogP contribution in [0.15, 0.2) is 63.5 Å². The average Bonchev–Trinajstić information content (AvgIpc) is 3.28. The summed E-state index contributed by atoms with van der Waals surface area (Å²) in [7, 11) is 0. The number of thioether (sulfide) groups is 2. The van der Waals surface area contributed by atoms with Gasteiger partial charge < -0.3 is 14.3 Å². The maximum atomic E-state index is 12.5. The molecule has 0 aliphatic rings. The number of hydrogen-bond donors (Lipinski definition) is 1. The average molecular weight is 374 g/mol. The summed E-state index contributed by atoms with van der Waals surface area (Å²) in [5.41, 5.74) is 0.824. The Morgan fingerprint density at radius 3 is 2.92 bits per heavy atom. The smallest absolute Gasteiger partial charge is 0.237 e. The number of rotatable bonds is 7. The molecule has 1 unspecified atom stereocenters. The number of anilines is 1. The van der Waals surface area contributed by atoms with Gasteiger partial charge in [0, 0.05) is 4.90 Å². The normalized spacial score (nSPS) is 12.1. The van der Waals surface area contributed by atoms with Crippen molar-refractivity contribution in [3.05, 3.63) is 54.7 Å². The Kier molecular flexibility index (Phi) is 5.83. The lowest BCUT2D eigenvalue weighted by atomic mass is 10.3. The van der Waals surface area contributed by atoms with E-state index in [1.54, 1.807) is 24.4 Å². The van der Waals surface area contributed by atoms with Gasteiger partial charge in [-0.15, -0.1) is 22.0 Å². The lowest BCUT2D eigenvalue weighted by molar-refractivity contribution is -0.115. The Balaban J connectivity index is 1.65. The van der Waals surface area contributed by atoms with Gasteiger partial charge in [-0.3, -0.25) is 4.79 Å². The molecule has 0 aliphatic carbocycles. The molecule has 1 N–H and O–H groups in total. The quantitative estimate of drug-likeness (QED) is 0.635. The van der Waals surface area contributed by atoms with Crippen LogP contribution in [0.1, 0.15) is 12.7 Å². The van der Waals surface area contributed by atoms with Crippen LogP contribution in [0.3, 0.4) is 0 Å². The highest BCUT2D eigenvalue weighted by Gasteiger charge is 2.19. The first-order valence-corrected chi connectivity index (χ1v) is 9.78. The van der Waals surface area contributed by atoms with E-state index < -0.39 is 0 Å². The van der Waals surface area contributed by atoms with Gasteiger partial charge in [0.2, 0.25) is 5.91 Å². The third kappa shape index (κ3) is 4.46. The third-order valence-electron chi connectivity index (χ3n) is 3.50. The molecule has 3 aromatic rings. The third-order valence-corrected chi connectivity index (χ3v) is 5.39. The van der Waals surface area contributed by atoms with E-state index in [0.29, 0.717) is 11.7 Å². The summed E-state index contributed by atoms with van der Waals surface area (Å²) in [6.07, 6.45) is 5.25. The van der Waals surface area contributed by atoms with E-state index in [1.165, 1.54) is 11.8 Å². The van der Waals surface area contributed by atoms with Gasteiger partial charge in [-0.1, -0.05) is 23.9 Å². The van der Waals surface area contributed by atoms with Gasteiger partial charge in [0.15, 0.2) is 5.16 Å². The minimum Gasteiger partial charge on any atom is -0.467 e. The summed E-state index contributed by atoms with van der Waals surface area (Å²) >= 11 is 2.97. The molecule has 1 aromatic carbocycles. The van der Waals surface area contributed by atoms with E-state index in [4.69, 9.17) is 4.42 Å². The van der Waals surface area contributed by atoms with Gasteiger partial charge in [0.1, 0.15) is 12.1 Å². The van der Waals surface area contributed by atoms with E-state index >= 15 is 0 Å². The molecule has 25 heavy (non-hydrogen) atoms. The number of nitrogens with one attached hydrogen (secondary N) is 1. The largest absolute Gasteiger partial charge is 0.467 e. The van der Waals surface area contributed by atoms with E-state index in [1.807, 2.05) is 54.1 Å². The summed E-state index contributed by atoms with van der Waals surface area (Å²) in [6, 6.07) is 11.5. The topological polar surface area (TPSA) is 73.0 Å². The number of nitrogens with zero attached hydrogens (tertiary/aromatic N) is 3. The van der Waals surface area contributed by atoms with E-state index in [-0.39, 0.29) is 11.2 Å². The molecule has 0 radical (unpaired) electrons. The Morgan fingerprint density at radius 1 is 1.32 bits per heavy atom. The minimum absolute atomic E-state index is 0.0703. The van der Waals surface area contributed by atoms with Gasteiger partial charge in [-0.05, 0) is 37.4 Å². The number of benzene rings is 1. The number of amides is 1. The first-order chi connectivity index (χ1) is 12.2. The molecule has 130 valence electrons. The van der Waals surface area contributed by atoms with Crippen molar-refractivity contribution in [2.24, 2.45) is 0 Å². The van der Waals surface area contributed by atoms with Crippen molar-refractivity contribution in [3.8, 4) is 0 Å². The number of para-hydroxylation sites is 1. The van der Waals surface area contributed by atoms with Gasteiger partial charge in [0.25, 0.3) is 0 Å². The maximum absolute atomic E-state index is 12.5. The predicted molar refractivity (Wildman–Crippen MR) is 100 cm³/mol. The fourth-order valence-corrected chi connectivity index (χ4v) is 3.59. The van der Waals surface area contributed by atoms with Gasteiger partial charge >= 0.3 is 0 Å². The standard InChI is InChI=1S/C17H18N4O2S2/c1-12(16(22)19-14-7-3-4-8-15(14)24-2)25-17-20-18-11-21(17)10-13-6-5-9-23-13/h3-9,11-12H,10H2,1-2H3,(H,19,22). The fraction of sp³-hybridized carbons (Fsp3) is 0.235. The fourth-order valence-electron chi connectivity index (χ4n) is 2.21. The highest BCUT2D eigenvalue weighted by atomic mass is 32.2. The van der Waals surface area contributed by atoms with Gasteiger partial charge in [-0.25, -0.2) is 0 Å². The monoisotopic (exact) mass is 374 g/mol. The van der Waals surface area contributed by atoms with Crippen molar-refractivity contribution in [1.82, 2.24) is 14.8 Å². The van der Waals surface area contributed by atoms with Crippen LogP contribution in [-0.4, -0.2) is 32.2 Å². The van der Waals surface area contributed by atoms with Gasteiger partial charge in [0.05, 0.1) is 23.7 Å². The summed E-state index contributed by atoms with van der Waals surface area (Å²) in [5, 5.41) is 11.4. The van der Waals surface area contributed by atoms with Crippen molar-refractivity contribution in [2.75, 3.05) is 11.6 Å². The molecule has 1 atom stereocenters. The first-order valence-electron chi connectivity index (χ1n) is 7.68. The molecule has 0 bridgehead atoms. The summed E-state index contributed by atoms with van der Waals surface area (Å²) in [6.45, 7) is 2.39. The molecular formula is C17H18N4O2S2. The minimum atomic E-state index is -0.311. The zero-order valence-electron chi connectivity index (χ0n) is 13.9. The molecule has 2 heterocycles. The molecular weight excluding hydrogens is 356 g/mol. The molecule has 0 aliphatic heterocycles. The Labute approximate surface area is 154 Å². The maximum Gasteiger partial charge on any atom is 0.237 e. The summed E-state index contributed by atoms with van der Waals surface area (Å²) in [5.74, 6) is 0.742. The second-order valence-corrected chi connectivity index (χ2v) is 7.43. The highest BCUT2D eigenvalue weighted by Crippen LogP contribution is 2.27. The van der Waals surface area contributed by atoms with Crippen molar-refractivity contribution >= 4 is 35.1 Å². The number of furan rings is 1. The first kappa shape index (κ1) is 17.6. The molecule has 0 saturated heterocycles. The van der Waals surface area contributed by atoms with Crippen LogP contribution in [0.25, 0.3) is 0 Å².